The summed E-state index contributed by atoms with van der Waals surface area (Å²) in [6.07, 6.45) is -3.30. The van der Waals surface area contributed by atoms with Gasteiger partial charge >= 0.3 is 6.18 Å². The summed E-state index contributed by atoms with van der Waals surface area (Å²) in [6.45, 7) is 7.46. The van der Waals surface area contributed by atoms with Crippen molar-refractivity contribution in [1.82, 2.24) is 10.2 Å². The first-order chi connectivity index (χ1) is 9.15. The number of nitrogens with one attached hydrogen (secondary N) is 1. The number of rotatable bonds is 6. The lowest BCUT2D eigenvalue weighted by atomic mass is 10.1. The maximum atomic E-state index is 12.6. The first-order valence-electron chi connectivity index (χ1n) is 7.30. The van der Waals surface area contributed by atoms with E-state index >= 15 is 0 Å². The molecule has 3 atom stereocenters. The van der Waals surface area contributed by atoms with Gasteiger partial charge in [0.25, 0.3) is 0 Å². The van der Waals surface area contributed by atoms with E-state index in [-0.39, 0.29) is 18.1 Å². The second kappa shape index (κ2) is 6.78. The van der Waals surface area contributed by atoms with Crippen LogP contribution >= 0.6 is 0 Å². The lowest BCUT2D eigenvalue weighted by Crippen LogP contribution is -2.45. The van der Waals surface area contributed by atoms with Gasteiger partial charge < -0.3 is 4.90 Å². The largest absolute Gasteiger partial charge is 0.391 e. The van der Waals surface area contributed by atoms with E-state index < -0.39 is 18.6 Å². The Morgan fingerprint density at radius 3 is 2.35 bits per heavy atom. The van der Waals surface area contributed by atoms with Crippen molar-refractivity contribution in [3.63, 3.8) is 0 Å². The SMILES string of the molecule is CCCC1NC(CC(C)C)N(C(C)CC(F)(F)F)C1=O. The lowest BCUT2D eigenvalue weighted by molar-refractivity contribution is -0.153. The van der Waals surface area contributed by atoms with Crippen LogP contribution < -0.4 is 5.32 Å². The van der Waals surface area contributed by atoms with Crippen LogP contribution in [-0.2, 0) is 4.79 Å². The minimum Gasteiger partial charge on any atom is -0.323 e. The van der Waals surface area contributed by atoms with E-state index in [2.05, 4.69) is 5.32 Å². The van der Waals surface area contributed by atoms with Crippen molar-refractivity contribution in [2.45, 2.75) is 77.8 Å². The van der Waals surface area contributed by atoms with Crippen LogP contribution in [0.1, 0.15) is 53.4 Å². The molecule has 6 heteroatoms. The van der Waals surface area contributed by atoms with Crippen LogP contribution in [0.5, 0.6) is 0 Å². The fourth-order valence-corrected chi connectivity index (χ4v) is 2.80. The summed E-state index contributed by atoms with van der Waals surface area (Å²) in [5.74, 6) is 0.135. The standard InChI is InChI=1S/C14H25F3N2O/c1-5-6-11-13(20)19(10(4)8-14(15,16)17)12(18-11)7-9(2)3/h9-12,18H,5-8H2,1-4H3. The molecule has 0 aromatic rings. The van der Waals surface area contributed by atoms with Crippen molar-refractivity contribution >= 4 is 5.91 Å². The third-order valence-corrected chi connectivity index (χ3v) is 3.56. The van der Waals surface area contributed by atoms with Crippen LogP contribution in [0, 0.1) is 5.92 Å². The van der Waals surface area contributed by atoms with Crippen molar-refractivity contribution in [1.29, 1.82) is 0 Å². The molecule has 1 saturated heterocycles. The fourth-order valence-electron chi connectivity index (χ4n) is 2.80. The summed E-state index contributed by atoms with van der Waals surface area (Å²) in [6, 6.07) is -1.15. The van der Waals surface area contributed by atoms with Gasteiger partial charge in [0.1, 0.15) is 0 Å². The second-order valence-electron chi connectivity index (χ2n) is 6.07. The number of hydrogen-bond acceptors (Lipinski definition) is 2. The number of carbonyl (C=O) groups excluding carboxylic acids is 1. The van der Waals surface area contributed by atoms with Gasteiger partial charge in [-0.15, -0.1) is 0 Å². The number of amides is 1. The lowest BCUT2D eigenvalue weighted by Gasteiger charge is -2.31. The zero-order valence-electron chi connectivity index (χ0n) is 12.6. The minimum atomic E-state index is -4.25. The predicted octanol–water partition coefficient (Wildman–Crippen LogP) is 3.30. The highest BCUT2D eigenvalue weighted by Crippen LogP contribution is 2.29. The molecule has 1 rings (SSSR count). The van der Waals surface area contributed by atoms with Gasteiger partial charge in [0.05, 0.1) is 18.6 Å². The summed E-state index contributed by atoms with van der Waals surface area (Å²) in [5.41, 5.74) is 0. The summed E-state index contributed by atoms with van der Waals surface area (Å²) < 4.78 is 37.7. The van der Waals surface area contributed by atoms with E-state index in [4.69, 9.17) is 0 Å². The van der Waals surface area contributed by atoms with Gasteiger partial charge in [-0.05, 0) is 25.7 Å². The summed E-state index contributed by atoms with van der Waals surface area (Å²) >= 11 is 0. The molecule has 0 aromatic heterocycles. The van der Waals surface area contributed by atoms with Crippen LogP contribution in [0.4, 0.5) is 13.2 Å². The normalized spacial score (nSPS) is 25.6. The molecule has 0 aromatic carbocycles. The Labute approximate surface area is 118 Å². The highest BCUT2D eigenvalue weighted by Gasteiger charge is 2.43. The van der Waals surface area contributed by atoms with E-state index in [9.17, 15) is 18.0 Å². The summed E-state index contributed by atoms with van der Waals surface area (Å²) in [4.78, 5) is 13.7. The van der Waals surface area contributed by atoms with Gasteiger partial charge in [-0.25, -0.2) is 0 Å². The van der Waals surface area contributed by atoms with Crippen molar-refractivity contribution in [3.8, 4) is 0 Å². The minimum absolute atomic E-state index is 0.186. The molecule has 0 radical (unpaired) electrons. The molecule has 0 spiro atoms. The molecule has 1 fully saturated rings. The first kappa shape index (κ1) is 17.3. The average molecular weight is 294 g/mol. The molecule has 1 aliphatic rings. The van der Waals surface area contributed by atoms with Crippen molar-refractivity contribution < 1.29 is 18.0 Å². The van der Waals surface area contributed by atoms with Crippen LogP contribution in [0.3, 0.4) is 0 Å². The molecule has 3 nitrogen and oxygen atoms in total. The molecule has 1 amide bonds. The Morgan fingerprint density at radius 1 is 1.30 bits per heavy atom. The van der Waals surface area contributed by atoms with Crippen LogP contribution in [-0.4, -0.2) is 35.2 Å². The number of hydrogen-bond donors (Lipinski definition) is 1. The molecule has 118 valence electrons. The highest BCUT2D eigenvalue weighted by molar-refractivity contribution is 5.84. The zero-order chi connectivity index (χ0) is 15.5. The van der Waals surface area contributed by atoms with Gasteiger partial charge in [-0.1, -0.05) is 27.2 Å². The maximum absolute atomic E-state index is 12.6. The molecular weight excluding hydrogens is 269 g/mol. The highest BCUT2D eigenvalue weighted by atomic mass is 19.4. The first-order valence-corrected chi connectivity index (χ1v) is 7.30. The number of alkyl halides is 3. The number of carbonyl (C=O) groups is 1. The monoisotopic (exact) mass is 294 g/mol. The third kappa shape index (κ3) is 4.65. The van der Waals surface area contributed by atoms with Gasteiger partial charge in [0, 0.05) is 6.04 Å². The molecule has 3 unspecified atom stereocenters. The number of halogens is 3. The molecule has 0 saturated carbocycles. The second-order valence-corrected chi connectivity index (χ2v) is 6.07. The summed E-state index contributed by atoms with van der Waals surface area (Å²) in [5, 5.41) is 3.20. The molecule has 20 heavy (non-hydrogen) atoms. The Kier molecular flexibility index (Phi) is 5.86. The van der Waals surface area contributed by atoms with Crippen molar-refractivity contribution in [2.24, 2.45) is 5.92 Å². The Morgan fingerprint density at radius 2 is 1.90 bits per heavy atom. The predicted molar refractivity (Wildman–Crippen MR) is 72.1 cm³/mol. The van der Waals surface area contributed by atoms with E-state index in [0.29, 0.717) is 18.8 Å². The third-order valence-electron chi connectivity index (χ3n) is 3.56. The van der Waals surface area contributed by atoms with Gasteiger partial charge in [-0.2, -0.15) is 13.2 Å². The molecule has 1 heterocycles. The number of nitrogens with zero attached hydrogens (tertiary/aromatic N) is 1. The topological polar surface area (TPSA) is 32.3 Å². The average Bonchev–Trinajstić information content (AvgIpc) is 2.52. The van der Waals surface area contributed by atoms with Gasteiger partial charge in [-0.3, -0.25) is 10.1 Å². The smallest absolute Gasteiger partial charge is 0.323 e. The fraction of sp³-hybridized carbons (Fsp3) is 0.929. The Balaban J connectivity index is 2.83. The molecule has 0 bridgehead atoms. The van der Waals surface area contributed by atoms with E-state index in [1.807, 2.05) is 20.8 Å². The maximum Gasteiger partial charge on any atom is 0.391 e. The quantitative estimate of drug-likeness (QED) is 0.815. The van der Waals surface area contributed by atoms with Gasteiger partial charge in [0.2, 0.25) is 5.91 Å². The molecule has 0 aliphatic carbocycles. The molecule has 1 aliphatic heterocycles. The Hall–Kier alpha value is -0.780. The van der Waals surface area contributed by atoms with Crippen molar-refractivity contribution in [3.05, 3.63) is 0 Å². The Bertz CT molecular complexity index is 331. The summed E-state index contributed by atoms with van der Waals surface area (Å²) in [7, 11) is 0. The van der Waals surface area contributed by atoms with Crippen LogP contribution in [0.2, 0.25) is 0 Å². The van der Waals surface area contributed by atoms with E-state index in [1.165, 1.54) is 11.8 Å². The van der Waals surface area contributed by atoms with Crippen LogP contribution in [0.25, 0.3) is 0 Å². The van der Waals surface area contributed by atoms with E-state index in [0.717, 1.165) is 6.42 Å². The van der Waals surface area contributed by atoms with Crippen molar-refractivity contribution in [2.75, 3.05) is 0 Å². The van der Waals surface area contributed by atoms with Gasteiger partial charge in [0.15, 0.2) is 0 Å². The zero-order valence-corrected chi connectivity index (χ0v) is 12.6. The molecular formula is C14H25F3N2O. The molecule has 1 N–H and O–H groups in total. The van der Waals surface area contributed by atoms with Crippen LogP contribution in [0.15, 0.2) is 0 Å². The van der Waals surface area contributed by atoms with E-state index in [1.54, 1.807) is 0 Å².